The summed E-state index contributed by atoms with van der Waals surface area (Å²) in [4.78, 5) is 21.3. The number of rotatable bonds is 9. The van der Waals surface area contributed by atoms with Gasteiger partial charge in [-0.15, -0.1) is 24.0 Å². The molecule has 3 aromatic rings. The second kappa shape index (κ2) is 13.5. The average molecular weight is 563 g/mol. The fraction of sp³-hybridized carbons (Fsp3) is 0.292. The Labute approximate surface area is 211 Å². The first kappa shape index (κ1) is 26.2. The van der Waals surface area contributed by atoms with Gasteiger partial charge >= 0.3 is 0 Å². The lowest BCUT2D eigenvalue weighted by Gasteiger charge is -2.11. The summed E-state index contributed by atoms with van der Waals surface area (Å²) in [6.45, 7) is 6.10. The van der Waals surface area contributed by atoms with Gasteiger partial charge < -0.3 is 25.1 Å². The van der Waals surface area contributed by atoms with E-state index in [0.717, 1.165) is 17.8 Å². The summed E-state index contributed by atoms with van der Waals surface area (Å²) in [5, 5.41) is 9.27. The minimum atomic E-state index is -0.154. The third kappa shape index (κ3) is 8.08. The zero-order chi connectivity index (χ0) is 22.8. The van der Waals surface area contributed by atoms with Gasteiger partial charge in [-0.1, -0.05) is 23.8 Å². The molecule has 0 aliphatic heterocycles. The Morgan fingerprint density at radius 1 is 1.09 bits per heavy atom. The number of amides is 1. The van der Waals surface area contributed by atoms with E-state index in [0.29, 0.717) is 42.8 Å². The number of aromatic nitrogens is 1. The van der Waals surface area contributed by atoms with Gasteiger partial charge in [0.15, 0.2) is 5.96 Å². The van der Waals surface area contributed by atoms with Crippen LogP contribution in [0.25, 0.3) is 11.5 Å². The van der Waals surface area contributed by atoms with Crippen LogP contribution in [0.2, 0.25) is 0 Å². The van der Waals surface area contributed by atoms with E-state index in [1.165, 1.54) is 5.56 Å². The highest BCUT2D eigenvalue weighted by Crippen LogP contribution is 2.19. The molecule has 0 aliphatic rings. The molecule has 0 saturated carbocycles. The predicted octanol–water partition coefficient (Wildman–Crippen LogP) is 3.76. The zero-order valence-corrected chi connectivity index (χ0v) is 21.4. The molecule has 0 spiro atoms. The van der Waals surface area contributed by atoms with Gasteiger partial charge in [0.05, 0.1) is 13.7 Å². The van der Waals surface area contributed by atoms with Crippen LogP contribution in [0.5, 0.6) is 5.75 Å². The molecule has 0 saturated heterocycles. The van der Waals surface area contributed by atoms with Gasteiger partial charge in [0, 0.05) is 30.8 Å². The Kier molecular flexibility index (Phi) is 10.7. The number of hydrogen-bond acceptors (Lipinski definition) is 5. The number of nitrogens with zero attached hydrogens (tertiary/aromatic N) is 2. The highest BCUT2D eigenvalue weighted by atomic mass is 127. The molecule has 0 radical (unpaired) electrons. The second-order valence-electron chi connectivity index (χ2n) is 7.12. The van der Waals surface area contributed by atoms with E-state index >= 15 is 0 Å². The van der Waals surface area contributed by atoms with Crippen molar-refractivity contribution < 1.29 is 13.9 Å². The molecular weight excluding hydrogens is 533 g/mol. The molecule has 1 aromatic heterocycles. The van der Waals surface area contributed by atoms with E-state index in [2.05, 4.69) is 25.9 Å². The van der Waals surface area contributed by atoms with Gasteiger partial charge in [0.2, 0.25) is 5.89 Å². The molecule has 1 amide bonds. The van der Waals surface area contributed by atoms with Crippen molar-refractivity contribution in [2.45, 2.75) is 20.4 Å². The van der Waals surface area contributed by atoms with Crippen LogP contribution in [0.3, 0.4) is 0 Å². The zero-order valence-electron chi connectivity index (χ0n) is 19.1. The van der Waals surface area contributed by atoms with Crippen LogP contribution >= 0.6 is 24.0 Å². The van der Waals surface area contributed by atoms with Crippen LogP contribution in [-0.4, -0.2) is 43.6 Å². The molecule has 0 unspecified atom stereocenters. The number of hydrogen-bond donors (Lipinski definition) is 3. The second-order valence-corrected chi connectivity index (χ2v) is 7.12. The molecule has 0 fully saturated rings. The number of benzene rings is 2. The number of guanidine groups is 1. The lowest BCUT2D eigenvalue weighted by atomic mass is 10.1. The minimum absolute atomic E-state index is 0. The molecule has 9 heteroatoms. The SMILES string of the molecule is CCNC(=NCc1coc(-c2ccc(C)cc2)n1)NCCNC(=O)c1cccc(OC)c1.I. The van der Waals surface area contributed by atoms with Crippen molar-refractivity contribution in [3.05, 3.63) is 71.6 Å². The Hall–Kier alpha value is -3.08. The first-order valence-corrected chi connectivity index (χ1v) is 10.5. The molecule has 3 rings (SSSR count). The van der Waals surface area contributed by atoms with Gasteiger partial charge in [-0.05, 0) is 44.2 Å². The van der Waals surface area contributed by atoms with E-state index in [-0.39, 0.29) is 29.9 Å². The van der Waals surface area contributed by atoms with E-state index in [1.807, 2.05) is 38.1 Å². The smallest absolute Gasteiger partial charge is 0.251 e. The number of carbonyl (C=O) groups is 1. The Morgan fingerprint density at radius 3 is 2.58 bits per heavy atom. The first-order valence-electron chi connectivity index (χ1n) is 10.5. The van der Waals surface area contributed by atoms with Crippen molar-refractivity contribution in [3.63, 3.8) is 0 Å². The Morgan fingerprint density at radius 2 is 1.85 bits per heavy atom. The first-order chi connectivity index (χ1) is 15.6. The van der Waals surface area contributed by atoms with E-state index in [4.69, 9.17) is 9.15 Å². The van der Waals surface area contributed by atoms with Gasteiger partial charge in [0.1, 0.15) is 17.7 Å². The molecular formula is C24H30IN5O3. The van der Waals surface area contributed by atoms with Crippen LogP contribution in [0.1, 0.15) is 28.5 Å². The molecule has 0 atom stereocenters. The molecule has 1 heterocycles. The molecule has 3 N–H and O–H groups in total. The average Bonchev–Trinajstić information content (AvgIpc) is 3.29. The highest BCUT2D eigenvalue weighted by molar-refractivity contribution is 14.0. The number of aliphatic imine (C=N–C) groups is 1. The van der Waals surface area contributed by atoms with Crippen molar-refractivity contribution in [1.29, 1.82) is 0 Å². The lowest BCUT2D eigenvalue weighted by Crippen LogP contribution is -2.41. The topological polar surface area (TPSA) is 101 Å². The van der Waals surface area contributed by atoms with Crippen molar-refractivity contribution in [1.82, 2.24) is 20.9 Å². The molecule has 2 aromatic carbocycles. The number of nitrogens with one attached hydrogen (secondary N) is 3. The van der Waals surface area contributed by atoms with Crippen LogP contribution in [-0.2, 0) is 6.54 Å². The molecule has 176 valence electrons. The number of halogens is 1. The van der Waals surface area contributed by atoms with Crippen LogP contribution in [0, 0.1) is 6.92 Å². The van der Waals surface area contributed by atoms with Crippen molar-refractivity contribution in [2.24, 2.45) is 4.99 Å². The fourth-order valence-electron chi connectivity index (χ4n) is 2.93. The summed E-state index contributed by atoms with van der Waals surface area (Å²) in [5.41, 5.74) is 3.42. The van der Waals surface area contributed by atoms with Crippen LogP contribution in [0.4, 0.5) is 0 Å². The predicted molar refractivity (Wildman–Crippen MR) is 140 cm³/mol. The third-order valence-corrected chi connectivity index (χ3v) is 4.63. The number of oxazole rings is 1. The maximum atomic E-state index is 12.3. The van der Waals surface area contributed by atoms with Crippen LogP contribution < -0.4 is 20.7 Å². The molecule has 8 nitrogen and oxygen atoms in total. The summed E-state index contributed by atoms with van der Waals surface area (Å²) < 4.78 is 10.7. The van der Waals surface area contributed by atoms with Gasteiger partial charge in [-0.2, -0.15) is 0 Å². The van der Waals surface area contributed by atoms with Gasteiger partial charge in [-0.25, -0.2) is 9.98 Å². The van der Waals surface area contributed by atoms with E-state index < -0.39 is 0 Å². The quantitative estimate of drug-likeness (QED) is 0.159. The minimum Gasteiger partial charge on any atom is -0.497 e. The summed E-state index contributed by atoms with van der Waals surface area (Å²) in [6, 6.07) is 15.1. The maximum absolute atomic E-state index is 12.3. The maximum Gasteiger partial charge on any atom is 0.251 e. The van der Waals surface area contributed by atoms with Gasteiger partial charge in [-0.3, -0.25) is 4.79 Å². The Bertz CT molecular complexity index is 1050. The molecule has 0 aliphatic carbocycles. The summed E-state index contributed by atoms with van der Waals surface area (Å²) in [5.74, 6) is 1.71. The van der Waals surface area contributed by atoms with Crippen molar-refractivity contribution in [3.8, 4) is 17.2 Å². The van der Waals surface area contributed by atoms with Gasteiger partial charge in [0.25, 0.3) is 5.91 Å². The summed E-state index contributed by atoms with van der Waals surface area (Å²) >= 11 is 0. The van der Waals surface area contributed by atoms with Crippen molar-refractivity contribution in [2.75, 3.05) is 26.7 Å². The summed E-state index contributed by atoms with van der Waals surface area (Å²) in [7, 11) is 1.57. The van der Waals surface area contributed by atoms with Crippen molar-refractivity contribution >= 4 is 35.8 Å². The van der Waals surface area contributed by atoms with E-state index in [9.17, 15) is 4.79 Å². The number of carbonyl (C=O) groups excluding carboxylic acids is 1. The number of aryl methyl sites for hydroxylation is 1. The standard InChI is InChI=1S/C24H29N5O3.HI/c1-4-25-24(27-13-12-26-22(30)19-6-5-7-21(14-19)31-3)28-15-20-16-32-23(29-20)18-10-8-17(2)9-11-18;/h5-11,14,16H,4,12-13,15H2,1-3H3,(H,26,30)(H2,25,27,28);1H. The highest BCUT2D eigenvalue weighted by Gasteiger charge is 2.08. The summed E-state index contributed by atoms with van der Waals surface area (Å²) in [6.07, 6.45) is 1.62. The lowest BCUT2D eigenvalue weighted by molar-refractivity contribution is 0.0954. The molecule has 33 heavy (non-hydrogen) atoms. The third-order valence-electron chi connectivity index (χ3n) is 4.63. The fourth-order valence-corrected chi connectivity index (χ4v) is 2.93. The molecule has 0 bridgehead atoms. The van der Waals surface area contributed by atoms with Crippen LogP contribution in [0.15, 0.2) is 64.2 Å². The number of ether oxygens (including phenoxy) is 1. The number of methoxy groups -OCH3 is 1. The Balaban J connectivity index is 0.00000385. The normalized spacial score (nSPS) is 10.8. The van der Waals surface area contributed by atoms with E-state index in [1.54, 1.807) is 37.6 Å². The largest absolute Gasteiger partial charge is 0.497 e. The monoisotopic (exact) mass is 563 g/mol.